The molecule has 1 saturated heterocycles. The molecule has 0 aromatic heterocycles. The predicted molar refractivity (Wildman–Crippen MR) is 46.6 cm³/mol. The Morgan fingerprint density at radius 2 is 1.91 bits per heavy atom. The summed E-state index contributed by atoms with van der Waals surface area (Å²) in [6, 6.07) is 0.0613. The lowest BCUT2D eigenvalue weighted by Gasteiger charge is -2.20. The van der Waals surface area contributed by atoms with Crippen LogP contribution in [0.5, 0.6) is 0 Å². The van der Waals surface area contributed by atoms with Crippen molar-refractivity contribution in [1.82, 2.24) is 4.72 Å². The quantitative estimate of drug-likeness (QED) is 0.635. The first-order valence-electron chi connectivity index (χ1n) is 3.46. The van der Waals surface area contributed by atoms with Gasteiger partial charge in [-0.1, -0.05) is 0 Å². The van der Waals surface area contributed by atoms with Gasteiger partial charge in [0.05, 0.1) is 0 Å². The molecule has 1 fully saturated rings. The van der Waals surface area contributed by atoms with E-state index in [4.69, 9.17) is 5.14 Å². The molecule has 66 valence electrons. The summed E-state index contributed by atoms with van der Waals surface area (Å²) in [6.07, 6.45) is 1.78. The predicted octanol–water partition coefficient (Wildman–Crippen LogP) is -0.325. The molecule has 1 aliphatic rings. The highest BCUT2D eigenvalue weighted by Gasteiger charge is 2.16. The molecule has 0 aromatic rings. The molecule has 1 aliphatic heterocycles. The lowest BCUT2D eigenvalue weighted by molar-refractivity contribution is 0.530. The van der Waals surface area contributed by atoms with Gasteiger partial charge in [-0.2, -0.15) is 24.9 Å². The monoisotopic (exact) mass is 196 g/mol. The molecule has 0 spiro atoms. The van der Waals surface area contributed by atoms with Crippen LogP contribution in [0.3, 0.4) is 0 Å². The van der Waals surface area contributed by atoms with Crippen molar-refractivity contribution in [2.24, 2.45) is 5.14 Å². The summed E-state index contributed by atoms with van der Waals surface area (Å²) in [6.45, 7) is 0. The molecule has 0 aromatic carbocycles. The third-order valence-corrected chi connectivity index (χ3v) is 3.26. The molecular formula is C5H12N2O2S2. The molecule has 11 heavy (non-hydrogen) atoms. The van der Waals surface area contributed by atoms with Gasteiger partial charge in [-0.3, -0.25) is 0 Å². The van der Waals surface area contributed by atoms with E-state index in [9.17, 15) is 8.42 Å². The Hall–Kier alpha value is 0.220. The second-order valence-corrected chi connectivity index (χ2v) is 5.10. The van der Waals surface area contributed by atoms with Crippen molar-refractivity contribution < 1.29 is 8.42 Å². The zero-order valence-electron chi connectivity index (χ0n) is 6.12. The summed E-state index contributed by atoms with van der Waals surface area (Å²) in [5.74, 6) is 2.04. The number of rotatable bonds is 2. The summed E-state index contributed by atoms with van der Waals surface area (Å²) >= 11 is 1.85. The molecule has 6 heteroatoms. The van der Waals surface area contributed by atoms with Gasteiger partial charge in [0.25, 0.3) is 10.2 Å². The standard InChI is InChI=1S/C5H12N2O2S2/c6-11(8,9)7-5-1-3-10-4-2-5/h5,7H,1-4H2,(H2,6,8,9). The Bertz CT molecular complexity index is 209. The SMILES string of the molecule is NS(=O)(=O)NC1CCSCC1. The maximum atomic E-state index is 10.6. The van der Waals surface area contributed by atoms with Gasteiger partial charge < -0.3 is 0 Å². The third-order valence-electron chi connectivity index (χ3n) is 1.55. The fourth-order valence-electron chi connectivity index (χ4n) is 1.05. The van der Waals surface area contributed by atoms with Crippen LogP contribution in [0.25, 0.3) is 0 Å². The van der Waals surface area contributed by atoms with Crippen molar-refractivity contribution >= 4 is 22.0 Å². The van der Waals surface area contributed by atoms with E-state index in [-0.39, 0.29) is 6.04 Å². The molecule has 0 bridgehead atoms. The van der Waals surface area contributed by atoms with E-state index in [0.29, 0.717) is 0 Å². The van der Waals surface area contributed by atoms with Crippen molar-refractivity contribution in [3.8, 4) is 0 Å². The van der Waals surface area contributed by atoms with E-state index in [1.54, 1.807) is 0 Å². The van der Waals surface area contributed by atoms with Crippen molar-refractivity contribution in [2.75, 3.05) is 11.5 Å². The van der Waals surface area contributed by atoms with Crippen molar-refractivity contribution in [1.29, 1.82) is 0 Å². The second kappa shape index (κ2) is 3.75. The van der Waals surface area contributed by atoms with E-state index < -0.39 is 10.2 Å². The lowest BCUT2D eigenvalue weighted by atomic mass is 10.2. The molecule has 0 atom stereocenters. The van der Waals surface area contributed by atoms with Gasteiger partial charge in [0.1, 0.15) is 0 Å². The van der Waals surface area contributed by atoms with Crippen LogP contribution >= 0.6 is 11.8 Å². The maximum absolute atomic E-state index is 10.6. The average molecular weight is 196 g/mol. The van der Waals surface area contributed by atoms with E-state index in [2.05, 4.69) is 4.72 Å². The van der Waals surface area contributed by atoms with Gasteiger partial charge in [0.2, 0.25) is 0 Å². The molecule has 0 aliphatic carbocycles. The maximum Gasteiger partial charge on any atom is 0.274 e. The molecule has 1 rings (SSSR count). The summed E-state index contributed by atoms with van der Waals surface area (Å²) in [5, 5.41) is 4.82. The first-order chi connectivity index (χ1) is 5.08. The number of hydrogen-bond acceptors (Lipinski definition) is 3. The van der Waals surface area contributed by atoms with Crippen molar-refractivity contribution in [3.63, 3.8) is 0 Å². The van der Waals surface area contributed by atoms with Crippen LogP contribution in [-0.4, -0.2) is 26.0 Å². The first kappa shape index (κ1) is 9.31. The van der Waals surface area contributed by atoms with Gasteiger partial charge in [-0.15, -0.1) is 0 Å². The fraction of sp³-hybridized carbons (Fsp3) is 1.00. The number of hydrogen-bond donors (Lipinski definition) is 2. The van der Waals surface area contributed by atoms with Crippen LogP contribution in [0, 0.1) is 0 Å². The molecule has 3 N–H and O–H groups in total. The Labute approximate surface area is 71.1 Å². The highest BCUT2D eigenvalue weighted by atomic mass is 32.2. The highest BCUT2D eigenvalue weighted by Crippen LogP contribution is 2.16. The molecule has 0 radical (unpaired) electrons. The van der Waals surface area contributed by atoms with Gasteiger partial charge in [0.15, 0.2) is 0 Å². The van der Waals surface area contributed by atoms with Crippen LogP contribution in [-0.2, 0) is 10.2 Å². The fourth-order valence-corrected chi connectivity index (χ4v) is 2.85. The van der Waals surface area contributed by atoms with E-state index in [0.717, 1.165) is 24.3 Å². The Kier molecular flexibility index (Phi) is 3.17. The van der Waals surface area contributed by atoms with Crippen LogP contribution in [0.1, 0.15) is 12.8 Å². The molecule has 0 saturated carbocycles. The van der Waals surface area contributed by atoms with E-state index in [1.165, 1.54) is 0 Å². The van der Waals surface area contributed by atoms with Gasteiger partial charge in [-0.05, 0) is 24.3 Å². The summed E-state index contributed by atoms with van der Waals surface area (Å²) < 4.78 is 23.5. The van der Waals surface area contributed by atoms with Crippen molar-refractivity contribution in [3.05, 3.63) is 0 Å². The molecule has 1 heterocycles. The topological polar surface area (TPSA) is 72.2 Å². The van der Waals surface area contributed by atoms with E-state index in [1.807, 2.05) is 11.8 Å². The first-order valence-corrected chi connectivity index (χ1v) is 6.16. The van der Waals surface area contributed by atoms with Gasteiger partial charge >= 0.3 is 0 Å². The number of nitrogens with one attached hydrogen (secondary N) is 1. The Morgan fingerprint density at radius 3 is 2.36 bits per heavy atom. The minimum absolute atomic E-state index is 0.0613. The minimum atomic E-state index is -3.48. The number of thioether (sulfide) groups is 1. The summed E-state index contributed by atoms with van der Waals surface area (Å²) in [4.78, 5) is 0. The van der Waals surface area contributed by atoms with Gasteiger partial charge in [-0.25, -0.2) is 5.14 Å². The Morgan fingerprint density at radius 1 is 1.36 bits per heavy atom. The van der Waals surface area contributed by atoms with Crippen LogP contribution in [0.2, 0.25) is 0 Å². The van der Waals surface area contributed by atoms with Crippen LogP contribution in [0.15, 0.2) is 0 Å². The Balaban J connectivity index is 2.36. The number of nitrogens with two attached hydrogens (primary N) is 1. The largest absolute Gasteiger partial charge is 0.274 e. The zero-order chi connectivity index (χ0) is 8.32. The molecular weight excluding hydrogens is 184 g/mol. The molecule has 4 nitrogen and oxygen atoms in total. The summed E-state index contributed by atoms with van der Waals surface area (Å²) in [7, 11) is -3.48. The minimum Gasteiger partial charge on any atom is -0.216 e. The lowest BCUT2D eigenvalue weighted by Crippen LogP contribution is -2.41. The second-order valence-electron chi connectivity index (χ2n) is 2.55. The normalized spacial score (nSPS) is 21.9. The molecule has 0 unspecified atom stereocenters. The van der Waals surface area contributed by atoms with Crippen molar-refractivity contribution in [2.45, 2.75) is 18.9 Å². The van der Waals surface area contributed by atoms with Gasteiger partial charge in [0, 0.05) is 6.04 Å². The zero-order valence-corrected chi connectivity index (χ0v) is 7.75. The van der Waals surface area contributed by atoms with E-state index >= 15 is 0 Å². The highest BCUT2D eigenvalue weighted by molar-refractivity contribution is 7.99. The van der Waals surface area contributed by atoms with Crippen LogP contribution < -0.4 is 9.86 Å². The van der Waals surface area contributed by atoms with Crippen LogP contribution in [0.4, 0.5) is 0 Å². The summed E-state index contributed by atoms with van der Waals surface area (Å²) in [5.41, 5.74) is 0. The average Bonchev–Trinajstić information content (AvgIpc) is 1.85. The molecule has 0 amide bonds. The third kappa shape index (κ3) is 3.95. The smallest absolute Gasteiger partial charge is 0.216 e.